The van der Waals surface area contributed by atoms with Crippen molar-refractivity contribution >= 4 is 66.4 Å². The molecule has 0 saturated carbocycles. The Bertz CT molecular complexity index is 1930. The van der Waals surface area contributed by atoms with Crippen LogP contribution in [-0.4, -0.2) is 0 Å². The number of nitrogens with two attached hydrogens (primary N) is 2. The SMILES string of the molecule is C=C(C)c1cc(C(=C)C)c2oc3ccccc3c2c1N.CC(C)c1cc(C(C)C)c2oc3ccccc3c2c1N. The highest BCUT2D eigenvalue weighted by atomic mass is 16.3. The maximum absolute atomic E-state index is 6.44. The van der Waals surface area contributed by atoms with Gasteiger partial charge in [0.1, 0.15) is 22.3 Å². The smallest absolute Gasteiger partial charge is 0.145 e. The normalized spacial score (nSPS) is 11.6. The van der Waals surface area contributed by atoms with E-state index in [9.17, 15) is 0 Å². The van der Waals surface area contributed by atoms with Crippen molar-refractivity contribution in [3.8, 4) is 0 Å². The fraction of sp³-hybridized carbons (Fsp3) is 0.222. The molecule has 6 aromatic rings. The fourth-order valence-corrected chi connectivity index (χ4v) is 5.47. The lowest BCUT2D eigenvalue weighted by Gasteiger charge is -2.15. The Kier molecular flexibility index (Phi) is 6.97. The summed E-state index contributed by atoms with van der Waals surface area (Å²) < 4.78 is 12.1. The summed E-state index contributed by atoms with van der Waals surface area (Å²) in [6.07, 6.45) is 0. The number of hydrogen-bond donors (Lipinski definition) is 2. The zero-order chi connectivity index (χ0) is 28.9. The van der Waals surface area contributed by atoms with Crippen LogP contribution in [0.1, 0.15) is 75.6 Å². The Morgan fingerprint density at radius 3 is 1.60 bits per heavy atom. The molecule has 0 amide bonds. The van der Waals surface area contributed by atoms with E-state index in [1.54, 1.807) is 0 Å². The van der Waals surface area contributed by atoms with Crippen LogP contribution in [0.15, 0.2) is 82.7 Å². The molecule has 0 spiro atoms. The van der Waals surface area contributed by atoms with E-state index in [0.29, 0.717) is 11.8 Å². The van der Waals surface area contributed by atoms with Crippen LogP contribution >= 0.6 is 0 Å². The number of furan rings is 2. The summed E-state index contributed by atoms with van der Waals surface area (Å²) in [6, 6.07) is 20.3. The second-order valence-corrected chi connectivity index (χ2v) is 11.3. The van der Waals surface area contributed by atoms with Gasteiger partial charge < -0.3 is 20.3 Å². The van der Waals surface area contributed by atoms with Crippen molar-refractivity contribution in [1.82, 2.24) is 0 Å². The van der Waals surface area contributed by atoms with Crippen molar-refractivity contribution < 1.29 is 8.83 Å². The van der Waals surface area contributed by atoms with E-state index >= 15 is 0 Å². The molecule has 0 atom stereocenters. The molecule has 204 valence electrons. The first-order valence-corrected chi connectivity index (χ1v) is 13.8. The number of allylic oxidation sites excluding steroid dienone is 2. The predicted octanol–water partition coefficient (Wildman–Crippen LogP) is 10.6. The third-order valence-electron chi connectivity index (χ3n) is 7.60. The van der Waals surface area contributed by atoms with E-state index in [4.69, 9.17) is 20.3 Å². The van der Waals surface area contributed by atoms with Crippen molar-refractivity contribution in [2.45, 2.75) is 53.4 Å². The van der Waals surface area contributed by atoms with Gasteiger partial charge in [0.2, 0.25) is 0 Å². The second-order valence-electron chi connectivity index (χ2n) is 11.3. The van der Waals surface area contributed by atoms with Crippen molar-refractivity contribution in [1.29, 1.82) is 0 Å². The van der Waals surface area contributed by atoms with Crippen LogP contribution in [0.2, 0.25) is 0 Å². The first-order chi connectivity index (χ1) is 19.0. The number of fused-ring (bicyclic) bond motifs is 6. The molecule has 0 aliphatic heterocycles. The average Bonchev–Trinajstić information content (AvgIpc) is 3.48. The lowest BCUT2D eigenvalue weighted by atomic mass is 9.91. The molecular weight excluding hydrogens is 492 g/mol. The van der Waals surface area contributed by atoms with Gasteiger partial charge in [-0.3, -0.25) is 0 Å². The van der Waals surface area contributed by atoms with Crippen LogP contribution in [0.3, 0.4) is 0 Å². The first kappa shape index (κ1) is 27.1. The molecule has 2 heterocycles. The van der Waals surface area contributed by atoms with Gasteiger partial charge in [0.15, 0.2) is 0 Å². The molecule has 0 unspecified atom stereocenters. The summed E-state index contributed by atoms with van der Waals surface area (Å²) in [5.74, 6) is 0.821. The van der Waals surface area contributed by atoms with E-state index in [-0.39, 0.29) is 0 Å². The molecule has 0 aliphatic rings. The molecule has 6 rings (SSSR count). The van der Waals surface area contributed by atoms with Crippen LogP contribution in [0, 0.1) is 0 Å². The molecule has 4 nitrogen and oxygen atoms in total. The number of para-hydroxylation sites is 2. The molecule has 0 bridgehead atoms. The summed E-state index contributed by atoms with van der Waals surface area (Å²) in [5.41, 5.74) is 24.2. The van der Waals surface area contributed by atoms with Crippen LogP contribution in [0.5, 0.6) is 0 Å². The molecule has 0 saturated heterocycles. The molecule has 0 aliphatic carbocycles. The standard InChI is InChI=1S/C18H21NO.C18H17NO/c2*1-10(2)13-9-14(11(3)4)18-16(17(13)19)12-7-5-6-8-15(12)20-18/h5-11H,19H2,1-4H3;5-9H,1,3,19H2,2,4H3. The molecule has 2 aromatic heterocycles. The third-order valence-corrected chi connectivity index (χ3v) is 7.60. The topological polar surface area (TPSA) is 78.3 Å². The zero-order valence-electron chi connectivity index (χ0n) is 24.3. The predicted molar refractivity (Wildman–Crippen MR) is 174 cm³/mol. The van der Waals surface area contributed by atoms with Crippen LogP contribution in [0.25, 0.3) is 55.0 Å². The van der Waals surface area contributed by atoms with Gasteiger partial charge >= 0.3 is 0 Å². The van der Waals surface area contributed by atoms with E-state index in [1.807, 2.05) is 62.4 Å². The Balaban J connectivity index is 0.000000161. The number of rotatable bonds is 4. The summed E-state index contributed by atoms with van der Waals surface area (Å²) in [4.78, 5) is 0. The maximum atomic E-state index is 6.44. The van der Waals surface area contributed by atoms with Gasteiger partial charge in [-0.15, -0.1) is 0 Å². The number of nitrogen functional groups attached to an aromatic ring is 2. The Hall–Kier alpha value is -4.44. The van der Waals surface area contributed by atoms with Gasteiger partial charge in [-0.05, 0) is 72.2 Å². The fourth-order valence-electron chi connectivity index (χ4n) is 5.47. The molecule has 4 N–H and O–H groups in total. The molecule has 40 heavy (non-hydrogen) atoms. The van der Waals surface area contributed by atoms with Gasteiger partial charge in [0.25, 0.3) is 0 Å². The van der Waals surface area contributed by atoms with Crippen molar-refractivity contribution in [2.75, 3.05) is 11.5 Å². The Morgan fingerprint density at radius 2 is 1.10 bits per heavy atom. The van der Waals surface area contributed by atoms with Gasteiger partial charge in [-0.25, -0.2) is 0 Å². The van der Waals surface area contributed by atoms with E-state index in [2.05, 4.69) is 53.0 Å². The lowest BCUT2D eigenvalue weighted by Crippen LogP contribution is -2.00. The zero-order valence-corrected chi connectivity index (χ0v) is 24.3. The minimum atomic E-state index is 0.408. The Morgan fingerprint density at radius 1 is 0.625 bits per heavy atom. The van der Waals surface area contributed by atoms with Crippen LogP contribution in [0.4, 0.5) is 11.4 Å². The van der Waals surface area contributed by atoms with Crippen LogP contribution in [-0.2, 0) is 0 Å². The lowest BCUT2D eigenvalue weighted by molar-refractivity contribution is 0.656. The second kappa shape index (κ2) is 10.3. The highest BCUT2D eigenvalue weighted by molar-refractivity contribution is 6.16. The van der Waals surface area contributed by atoms with Crippen molar-refractivity contribution in [3.05, 3.63) is 96.1 Å². The quantitative estimate of drug-likeness (QED) is 0.222. The van der Waals surface area contributed by atoms with Gasteiger partial charge in [-0.2, -0.15) is 0 Å². The monoisotopic (exact) mass is 530 g/mol. The molecule has 4 aromatic carbocycles. The number of hydrogen-bond acceptors (Lipinski definition) is 4. The summed E-state index contributed by atoms with van der Waals surface area (Å²) >= 11 is 0. The summed E-state index contributed by atoms with van der Waals surface area (Å²) in [6.45, 7) is 20.8. The highest BCUT2D eigenvalue weighted by Crippen LogP contribution is 2.42. The summed E-state index contributed by atoms with van der Waals surface area (Å²) in [7, 11) is 0. The van der Waals surface area contributed by atoms with Gasteiger partial charge in [0, 0.05) is 27.6 Å². The van der Waals surface area contributed by atoms with E-state index in [0.717, 1.165) is 77.5 Å². The van der Waals surface area contributed by atoms with Crippen LogP contribution < -0.4 is 11.5 Å². The van der Waals surface area contributed by atoms with Gasteiger partial charge in [0.05, 0.1) is 16.5 Å². The minimum Gasteiger partial charge on any atom is -0.456 e. The number of anilines is 2. The average molecular weight is 531 g/mol. The summed E-state index contributed by atoms with van der Waals surface area (Å²) in [5, 5.41) is 4.18. The van der Waals surface area contributed by atoms with Crippen molar-refractivity contribution in [3.63, 3.8) is 0 Å². The number of benzene rings is 4. The largest absolute Gasteiger partial charge is 0.456 e. The van der Waals surface area contributed by atoms with E-state index < -0.39 is 0 Å². The van der Waals surface area contributed by atoms with E-state index in [1.165, 1.54) is 11.1 Å². The van der Waals surface area contributed by atoms with Crippen molar-refractivity contribution in [2.24, 2.45) is 0 Å². The molecule has 0 fully saturated rings. The maximum Gasteiger partial charge on any atom is 0.145 e. The molecule has 0 radical (unpaired) electrons. The highest BCUT2D eigenvalue weighted by Gasteiger charge is 2.20. The molecule has 4 heteroatoms. The third kappa shape index (κ3) is 4.44. The van der Waals surface area contributed by atoms with Gasteiger partial charge in [-0.1, -0.05) is 77.3 Å². The minimum absolute atomic E-state index is 0.408. The molecular formula is C36H38N2O2. The Labute approximate surface area is 235 Å². The first-order valence-electron chi connectivity index (χ1n) is 13.8.